The molecule has 0 unspecified atom stereocenters. The lowest BCUT2D eigenvalue weighted by molar-refractivity contribution is -0.116. The summed E-state index contributed by atoms with van der Waals surface area (Å²) in [5, 5.41) is 3.19. The molecular weight excluding hydrogens is 280 g/mol. The third-order valence-corrected chi connectivity index (χ3v) is 3.43. The third kappa shape index (κ3) is 3.66. The fourth-order valence-corrected chi connectivity index (χ4v) is 2.40. The second-order valence-electron chi connectivity index (χ2n) is 5.57. The van der Waals surface area contributed by atoms with Crippen LogP contribution in [0.25, 0.3) is 0 Å². The Morgan fingerprint density at radius 2 is 2.25 bits per heavy atom. The zero-order valence-electron chi connectivity index (χ0n) is 11.8. The summed E-state index contributed by atoms with van der Waals surface area (Å²) in [5.74, 6) is 0.530. The number of carbonyl (C=O) groups excluding carboxylic acids is 2. The summed E-state index contributed by atoms with van der Waals surface area (Å²) < 4.78 is 9.01. The topological polar surface area (TPSA) is 84.4 Å². The zero-order valence-corrected chi connectivity index (χ0v) is 12.6. The average Bonchev–Trinajstić information content (AvgIpc) is 2.95. The van der Waals surface area contributed by atoms with E-state index in [0.717, 1.165) is 0 Å². The van der Waals surface area contributed by atoms with E-state index in [4.69, 9.17) is 4.74 Å². The van der Waals surface area contributed by atoms with Gasteiger partial charge in [-0.05, 0) is 0 Å². The van der Waals surface area contributed by atoms with Crippen molar-refractivity contribution in [2.75, 3.05) is 25.0 Å². The first-order valence-corrected chi connectivity index (χ1v) is 7.19. The van der Waals surface area contributed by atoms with Crippen LogP contribution in [0.2, 0.25) is 0 Å². The van der Waals surface area contributed by atoms with Crippen molar-refractivity contribution >= 4 is 28.7 Å². The van der Waals surface area contributed by atoms with E-state index in [2.05, 4.69) is 14.7 Å². The van der Waals surface area contributed by atoms with Crippen LogP contribution >= 0.6 is 11.5 Å². The molecule has 1 N–H and O–H groups in total. The van der Waals surface area contributed by atoms with Crippen LogP contribution in [-0.2, 0) is 14.9 Å². The number of hydrogen-bond donors (Lipinski definition) is 1. The molecule has 1 aliphatic heterocycles. The number of cyclic esters (lactones) is 1. The monoisotopic (exact) mass is 298 g/mol. The Morgan fingerprint density at radius 3 is 2.80 bits per heavy atom. The number of ether oxygens (including phenoxy) is 1. The van der Waals surface area contributed by atoms with Crippen molar-refractivity contribution in [1.82, 2.24) is 14.3 Å². The maximum Gasteiger partial charge on any atom is 0.409 e. The second kappa shape index (κ2) is 5.74. The van der Waals surface area contributed by atoms with Crippen LogP contribution in [0.1, 0.15) is 33.0 Å². The molecule has 2 heterocycles. The molecule has 20 heavy (non-hydrogen) atoms. The van der Waals surface area contributed by atoms with Crippen LogP contribution in [0.4, 0.5) is 9.93 Å². The lowest BCUT2D eigenvalue weighted by Gasteiger charge is -2.12. The molecule has 1 aromatic heterocycles. The summed E-state index contributed by atoms with van der Waals surface area (Å²) in [6.45, 7) is 7.33. The summed E-state index contributed by atoms with van der Waals surface area (Å²) in [7, 11) is 0. The molecule has 0 saturated carbocycles. The highest BCUT2D eigenvalue weighted by Gasteiger charge is 2.23. The number of amides is 2. The predicted molar refractivity (Wildman–Crippen MR) is 74.8 cm³/mol. The number of anilines is 1. The molecule has 0 spiro atoms. The van der Waals surface area contributed by atoms with E-state index >= 15 is 0 Å². The molecule has 1 fully saturated rings. The number of aromatic nitrogens is 2. The van der Waals surface area contributed by atoms with Crippen molar-refractivity contribution in [2.45, 2.75) is 32.6 Å². The summed E-state index contributed by atoms with van der Waals surface area (Å²) >= 11 is 1.17. The number of carbonyl (C=O) groups is 2. The fraction of sp³-hybridized carbons (Fsp3) is 0.667. The van der Waals surface area contributed by atoms with Gasteiger partial charge in [-0.3, -0.25) is 4.79 Å². The smallest absolute Gasteiger partial charge is 0.409 e. The molecule has 1 saturated heterocycles. The maximum atomic E-state index is 11.8. The Balaban J connectivity index is 1.82. The number of hydrogen-bond acceptors (Lipinski definition) is 6. The molecule has 8 heteroatoms. The van der Waals surface area contributed by atoms with E-state index < -0.39 is 0 Å². The minimum absolute atomic E-state index is 0.140. The molecule has 0 radical (unpaired) electrons. The Bertz CT molecular complexity index is 509. The normalized spacial score (nSPS) is 15.3. The Hall–Kier alpha value is -1.70. The van der Waals surface area contributed by atoms with Crippen molar-refractivity contribution in [3.8, 4) is 0 Å². The van der Waals surface area contributed by atoms with Gasteiger partial charge < -0.3 is 15.0 Å². The quantitative estimate of drug-likeness (QED) is 0.913. The Morgan fingerprint density at radius 1 is 1.50 bits per heavy atom. The first-order valence-electron chi connectivity index (χ1n) is 6.42. The van der Waals surface area contributed by atoms with Gasteiger partial charge >= 0.3 is 6.09 Å². The van der Waals surface area contributed by atoms with Gasteiger partial charge in [-0.15, -0.1) is 0 Å². The largest absolute Gasteiger partial charge is 0.448 e. The van der Waals surface area contributed by atoms with Gasteiger partial charge in [0.2, 0.25) is 11.0 Å². The van der Waals surface area contributed by atoms with E-state index in [1.807, 2.05) is 20.8 Å². The Kier molecular flexibility index (Phi) is 4.22. The van der Waals surface area contributed by atoms with Gasteiger partial charge in [0.15, 0.2) is 0 Å². The molecular formula is C12H18N4O3S. The zero-order chi connectivity index (χ0) is 14.8. The first-order chi connectivity index (χ1) is 9.36. The van der Waals surface area contributed by atoms with Crippen LogP contribution in [0.15, 0.2) is 0 Å². The number of nitrogens with one attached hydrogen (secondary N) is 1. The minimum atomic E-state index is -0.358. The highest BCUT2D eigenvalue weighted by atomic mass is 32.1. The van der Waals surface area contributed by atoms with Crippen molar-refractivity contribution < 1.29 is 14.3 Å². The van der Waals surface area contributed by atoms with Gasteiger partial charge in [0.25, 0.3) is 0 Å². The highest BCUT2D eigenvalue weighted by Crippen LogP contribution is 2.22. The Labute approximate surface area is 121 Å². The van der Waals surface area contributed by atoms with Crippen molar-refractivity contribution in [3.05, 3.63) is 5.82 Å². The molecule has 110 valence electrons. The van der Waals surface area contributed by atoms with Gasteiger partial charge in [0, 0.05) is 29.9 Å². The molecule has 0 bridgehead atoms. The third-order valence-electron chi connectivity index (χ3n) is 2.80. The van der Waals surface area contributed by atoms with Crippen LogP contribution in [0.3, 0.4) is 0 Å². The summed E-state index contributed by atoms with van der Waals surface area (Å²) in [6.07, 6.45) is -0.136. The second-order valence-corrected chi connectivity index (χ2v) is 6.32. The van der Waals surface area contributed by atoms with Crippen molar-refractivity contribution in [2.24, 2.45) is 0 Å². The van der Waals surface area contributed by atoms with E-state index in [9.17, 15) is 9.59 Å². The van der Waals surface area contributed by atoms with Crippen LogP contribution in [0, 0.1) is 0 Å². The summed E-state index contributed by atoms with van der Waals surface area (Å²) in [6, 6.07) is 0. The lowest BCUT2D eigenvalue weighted by atomic mass is 9.96. The SMILES string of the molecule is CC(C)(C)c1nsc(NC(=O)CCN2CCOC2=O)n1. The fourth-order valence-electron chi connectivity index (χ4n) is 1.63. The van der Waals surface area contributed by atoms with Crippen LogP contribution in [-0.4, -0.2) is 46.0 Å². The molecule has 1 aliphatic rings. The molecule has 7 nitrogen and oxygen atoms in total. The van der Waals surface area contributed by atoms with E-state index in [-0.39, 0.29) is 23.8 Å². The average molecular weight is 298 g/mol. The van der Waals surface area contributed by atoms with E-state index in [1.54, 1.807) is 0 Å². The molecule has 0 aromatic carbocycles. The van der Waals surface area contributed by atoms with Gasteiger partial charge in [-0.2, -0.15) is 4.37 Å². The first kappa shape index (κ1) is 14.7. The van der Waals surface area contributed by atoms with Gasteiger partial charge in [0.1, 0.15) is 12.4 Å². The molecule has 1 aromatic rings. The van der Waals surface area contributed by atoms with Gasteiger partial charge in [0.05, 0.1) is 6.54 Å². The number of nitrogens with zero attached hydrogens (tertiary/aromatic N) is 3. The van der Waals surface area contributed by atoms with Gasteiger partial charge in [-0.25, -0.2) is 9.78 Å². The molecule has 0 aliphatic carbocycles. The molecule has 2 amide bonds. The van der Waals surface area contributed by atoms with Gasteiger partial charge in [-0.1, -0.05) is 20.8 Å². The summed E-state index contributed by atoms with van der Waals surface area (Å²) in [5.41, 5.74) is -0.140. The standard InChI is InChI=1S/C12H18N4O3S/c1-12(2,3)9-14-10(20-15-9)13-8(17)4-5-16-6-7-19-11(16)18/h4-7H2,1-3H3,(H,13,14,15,17). The van der Waals surface area contributed by atoms with E-state index in [0.29, 0.717) is 30.7 Å². The maximum absolute atomic E-state index is 11.8. The molecule has 0 atom stereocenters. The molecule has 2 rings (SSSR count). The van der Waals surface area contributed by atoms with Crippen LogP contribution in [0.5, 0.6) is 0 Å². The number of rotatable bonds is 4. The van der Waals surface area contributed by atoms with E-state index in [1.165, 1.54) is 16.4 Å². The van der Waals surface area contributed by atoms with Crippen molar-refractivity contribution in [3.63, 3.8) is 0 Å². The summed E-state index contributed by atoms with van der Waals surface area (Å²) in [4.78, 5) is 28.8. The predicted octanol–water partition coefficient (Wildman–Crippen LogP) is 1.62. The highest BCUT2D eigenvalue weighted by molar-refractivity contribution is 7.09. The minimum Gasteiger partial charge on any atom is -0.448 e. The van der Waals surface area contributed by atoms with Crippen LogP contribution < -0.4 is 5.32 Å². The lowest BCUT2D eigenvalue weighted by Crippen LogP contribution is -2.28. The van der Waals surface area contributed by atoms with Crippen molar-refractivity contribution in [1.29, 1.82) is 0 Å².